The Morgan fingerprint density at radius 2 is 1.33 bits per heavy atom. The van der Waals surface area contributed by atoms with Gasteiger partial charge >= 0.3 is 0 Å². The van der Waals surface area contributed by atoms with Gasteiger partial charge in [-0.3, -0.25) is 4.79 Å². The number of phenolic OH excluding ortho intramolecular Hbond substituents is 1. The number of unbranched alkanes of at least 4 members (excludes halogenated alkanes) is 5. The van der Waals surface area contributed by atoms with Crippen molar-refractivity contribution in [3.63, 3.8) is 0 Å². The number of aromatic hydroxyl groups is 1. The van der Waals surface area contributed by atoms with Gasteiger partial charge in [0.05, 0.1) is 25.9 Å². The lowest BCUT2D eigenvalue weighted by atomic mass is 9.98. The van der Waals surface area contributed by atoms with Crippen molar-refractivity contribution < 1.29 is 23.7 Å². The maximum atomic E-state index is 14.1. The Morgan fingerprint density at radius 3 is 1.94 bits per heavy atom. The van der Waals surface area contributed by atoms with E-state index in [4.69, 9.17) is 41.8 Å². The summed E-state index contributed by atoms with van der Waals surface area (Å²) in [7, 11) is 1.51. The number of phenols is 1. The zero-order valence-corrected chi connectivity index (χ0v) is 32.9. The van der Waals surface area contributed by atoms with Gasteiger partial charge in [-0.15, -0.1) is 0 Å². The van der Waals surface area contributed by atoms with Crippen molar-refractivity contribution in [3.8, 4) is 34.3 Å². The highest BCUT2D eigenvalue weighted by atomic mass is 35.5. The minimum atomic E-state index is -0.245. The first-order chi connectivity index (χ1) is 26.4. The number of ether oxygens (including phenoxy) is 3. The average molecular weight is 776 g/mol. The van der Waals surface area contributed by atoms with E-state index >= 15 is 0 Å². The molecule has 8 nitrogen and oxygen atoms in total. The quantitative estimate of drug-likeness (QED) is 0.0564. The average Bonchev–Trinajstić information content (AvgIpc) is 3.17. The molecule has 0 radical (unpaired) electrons. The van der Waals surface area contributed by atoms with Crippen LogP contribution >= 0.6 is 23.2 Å². The molecular formula is C44H52Cl2N2O6. The van der Waals surface area contributed by atoms with Gasteiger partial charge in [0.2, 0.25) is 0 Å². The monoisotopic (exact) mass is 774 g/mol. The molecule has 0 fully saturated rings. The molecule has 0 aliphatic rings. The lowest BCUT2D eigenvalue weighted by molar-refractivity contribution is 0.291. The SMILES string of the molecule is CCCCCCc1c(-c2ccc(OCCCCNCc3ccc(Cl)cc3)cc2OCCCCNCc2ccc(Cl)cc2)oc2cc(OC)cc(O)c2c1=O. The van der Waals surface area contributed by atoms with Gasteiger partial charge in [-0.2, -0.15) is 0 Å². The highest BCUT2D eigenvalue weighted by Crippen LogP contribution is 2.39. The van der Waals surface area contributed by atoms with Crippen LogP contribution in [0.1, 0.15) is 75.0 Å². The second-order valence-corrected chi connectivity index (χ2v) is 14.3. The van der Waals surface area contributed by atoms with E-state index in [0.717, 1.165) is 87.6 Å². The molecule has 0 bridgehead atoms. The summed E-state index contributed by atoms with van der Waals surface area (Å²) in [5.41, 5.74) is 3.58. The molecule has 288 valence electrons. The summed E-state index contributed by atoms with van der Waals surface area (Å²) >= 11 is 12.0. The Kier molecular flexibility index (Phi) is 16.4. The third-order valence-corrected chi connectivity index (χ3v) is 9.77. The Labute approximate surface area is 328 Å². The smallest absolute Gasteiger partial charge is 0.200 e. The predicted molar refractivity (Wildman–Crippen MR) is 220 cm³/mol. The molecule has 5 rings (SSSR count). The van der Waals surface area contributed by atoms with E-state index in [-0.39, 0.29) is 22.1 Å². The summed E-state index contributed by atoms with van der Waals surface area (Å²) in [5, 5.41) is 19.4. The van der Waals surface area contributed by atoms with Gasteiger partial charge in [0, 0.05) is 46.9 Å². The number of rotatable bonds is 23. The largest absolute Gasteiger partial charge is 0.507 e. The van der Waals surface area contributed by atoms with Crippen LogP contribution in [-0.4, -0.2) is 38.5 Å². The number of nitrogens with one attached hydrogen (secondary N) is 2. The summed E-state index contributed by atoms with van der Waals surface area (Å²) < 4.78 is 24.6. The topological polar surface area (TPSA) is 102 Å². The van der Waals surface area contributed by atoms with Crippen molar-refractivity contribution in [2.24, 2.45) is 0 Å². The first kappa shape index (κ1) is 41.0. The van der Waals surface area contributed by atoms with E-state index in [1.54, 1.807) is 6.07 Å². The van der Waals surface area contributed by atoms with Crippen LogP contribution in [-0.2, 0) is 19.5 Å². The molecule has 3 N–H and O–H groups in total. The number of benzene rings is 4. The van der Waals surface area contributed by atoms with E-state index in [9.17, 15) is 9.90 Å². The molecule has 54 heavy (non-hydrogen) atoms. The predicted octanol–water partition coefficient (Wildman–Crippen LogP) is 10.5. The molecule has 0 spiro atoms. The maximum Gasteiger partial charge on any atom is 0.200 e. The fourth-order valence-electron chi connectivity index (χ4n) is 6.25. The van der Waals surface area contributed by atoms with Crippen LogP contribution in [0, 0.1) is 0 Å². The summed E-state index contributed by atoms with van der Waals surface area (Å²) in [5.74, 6) is 1.93. The molecule has 0 unspecified atom stereocenters. The third kappa shape index (κ3) is 12.2. The van der Waals surface area contributed by atoms with Crippen LogP contribution in [0.25, 0.3) is 22.3 Å². The summed E-state index contributed by atoms with van der Waals surface area (Å²) in [6.45, 7) is 6.44. The van der Waals surface area contributed by atoms with Crippen LogP contribution < -0.4 is 30.3 Å². The number of hydrogen-bond donors (Lipinski definition) is 3. The van der Waals surface area contributed by atoms with Crippen LogP contribution in [0.15, 0.2) is 88.1 Å². The normalized spacial score (nSPS) is 11.3. The van der Waals surface area contributed by atoms with Gasteiger partial charge in [-0.1, -0.05) is 73.7 Å². The van der Waals surface area contributed by atoms with Crippen molar-refractivity contribution in [2.75, 3.05) is 33.4 Å². The fraction of sp³-hybridized carbons (Fsp3) is 0.386. The second-order valence-electron chi connectivity index (χ2n) is 13.4. The summed E-state index contributed by atoms with van der Waals surface area (Å²) in [4.78, 5) is 14.1. The molecule has 4 aromatic carbocycles. The van der Waals surface area contributed by atoms with E-state index in [1.165, 1.54) is 24.3 Å². The van der Waals surface area contributed by atoms with Gasteiger partial charge in [0.15, 0.2) is 5.43 Å². The van der Waals surface area contributed by atoms with E-state index in [1.807, 2.05) is 66.7 Å². The Bertz CT molecular complexity index is 1960. The van der Waals surface area contributed by atoms with Crippen molar-refractivity contribution in [1.29, 1.82) is 0 Å². The van der Waals surface area contributed by atoms with Crippen LogP contribution in [0.3, 0.4) is 0 Å². The Balaban J connectivity index is 1.30. The molecule has 10 heteroatoms. The Hall–Kier alpha value is -4.21. The van der Waals surface area contributed by atoms with Gasteiger partial charge in [-0.05, 0) is 99.1 Å². The van der Waals surface area contributed by atoms with Crippen LogP contribution in [0.4, 0.5) is 0 Å². The molecule has 0 amide bonds. The number of methoxy groups -OCH3 is 1. The van der Waals surface area contributed by atoms with Crippen LogP contribution in [0.2, 0.25) is 10.0 Å². The molecule has 0 aliphatic heterocycles. The minimum Gasteiger partial charge on any atom is -0.507 e. The maximum absolute atomic E-state index is 14.1. The standard InChI is InChI=1S/C44H52Cl2N2O6/c1-3-4-5-6-11-38-43(50)42-39(49)26-36(51-2)28-41(42)54-44(38)37-21-20-35(52-24-9-7-22-47-29-31-12-16-33(45)17-13-31)27-40(37)53-25-10-8-23-48-30-32-14-18-34(46)19-15-32/h12-21,26-28,47-49H,3-11,22-25,29-30H2,1-2H3. The minimum absolute atomic E-state index is 0.154. The highest BCUT2D eigenvalue weighted by molar-refractivity contribution is 6.30. The lowest BCUT2D eigenvalue weighted by Crippen LogP contribution is -2.15. The van der Waals surface area contributed by atoms with Gasteiger partial charge in [-0.25, -0.2) is 0 Å². The van der Waals surface area contributed by atoms with Gasteiger partial charge in [0.1, 0.15) is 39.7 Å². The van der Waals surface area contributed by atoms with Crippen molar-refractivity contribution >= 4 is 34.2 Å². The lowest BCUT2D eigenvalue weighted by Gasteiger charge is -2.17. The first-order valence-corrected chi connectivity index (χ1v) is 19.8. The third-order valence-electron chi connectivity index (χ3n) is 9.26. The number of hydrogen-bond acceptors (Lipinski definition) is 8. The van der Waals surface area contributed by atoms with E-state index < -0.39 is 0 Å². The molecule has 0 saturated heterocycles. The van der Waals surface area contributed by atoms with E-state index in [0.29, 0.717) is 53.8 Å². The molecule has 1 aromatic heterocycles. The molecule has 5 aromatic rings. The van der Waals surface area contributed by atoms with Crippen molar-refractivity contribution in [3.05, 3.63) is 116 Å². The van der Waals surface area contributed by atoms with Gasteiger partial charge in [0.25, 0.3) is 0 Å². The molecule has 0 atom stereocenters. The van der Waals surface area contributed by atoms with Crippen LogP contribution in [0.5, 0.6) is 23.0 Å². The zero-order valence-electron chi connectivity index (χ0n) is 31.4. The molecule has 1 heterocycles. The molecule has 0 saturated carbocycles. The van der Waals surface area contributed by atoms with Gasteiger partial charge < -0.3 is 34.4 Å². The van der Waals surface area contributed by atoms with Crippen molar-refractivity contribution in [2.45, 2.75) is 77.8 Å². The molecular weight excluding hydrogens is 723 g/mol. The number of fused-ring (bicyclic) bond motifs is 1. The van der Waals surface area contributed by atoms with E-state index in [2.05, 4.69) is 17.6 Å². The second kappa shape index (κ2) is 21.6. The summed E-state index contributed by atoms with van der Waals surface area (Å²) in [6, 6.07) is 24.5. The zero-order chi connectivity index (χ0) is 38.1. The first-order valence-electron chi connectivity index (χ1n) is 19.0. The molecule has 0 aliphatic carbocycles. The van der Waals surface area contributed by atoms with Crippen molar-refractivity contribution in [1.82, 2.24) is 10.6 Å². The number of halogens is 2. The summed E-state index contributed by atoms with van der Waals surface area (Å²) in [6.07, 6.45) is 8.05. The fourth-order valence-corrected chi connectivity index (χ4v) is 6.50. The highest BCUT2D eigenvalue weighted by Gasteiger charge is 2.22. The Morgan fingerprint density at radius 1 is 0.704 bits per heavy atom.